The number of aryl methyl sites for hydroxylation is 1. The molecule has 0 spiro atoms. The second-order valence-corrected chi connectivity index (χ2v) is 9.03. The number of hydrogen-bond acceptors (Lipinski definition) is 3. The van der Waals surface area contributed by atoms with Gasteiger partial charge in [0, 0.05) is 12.1 Å². The third kappa shape index (κ3) is 4.46. The smallest absolute Gasteiger partial charge is 0.266 e. The van der Waals surface area contributed by atoms with Gasteiger partial charge in [-0.1, -0.05) is 60.5 Å². The van der Waals surface area contributed by atoms with Crippen LogP contribution in [0.15, 0.2) is 71.5 Å². The topological polar surface area (TPSA) is 55.2 Å². The highest BCUT2D eigenvalue weighted by Crippen LogP contribution is 2.28. The Morgan fingerprint density at radius 2 is 1.74 bits per heavy atom. The van der Waals surface area contributed by atoms with Crippen molar-refractivity contribution in [2.75, 3.05) is 6.54 Å². The van der Waals surface area contributed by atoms with Gasteiger partial charge in [-0.15, -0.1) is 0 Å². The number of para-hydroxylation sites is 2. The zero-order valence-electron chi connectivity index (χ0n) is 19.3. The number of rotatable bonds is 6. The summed E-state index contributed by atoms with van der Waals surface area (Å²) in [6.45, 7) is 6.34. The lowest BCUT2D eigenvalue weighted by Crippen LogP contribution is -2.38. The van der Waals surface area contributed by atoms with Crippen molar-refractivity contribution in [2.24, 2.45) is 0 Å². The minimum atomic E-state index is -0.487. The fourth-order valence-electron chi connectivity index (χ4n) is 4.12. The average molecular weight is 494 g/mol. The lowest BCUT2D eigenvalue weighted by molar-refractivity contribution is 0.0681. The summed E-state index contributed by atoms with van der Waals surface area (Å²) < 4.78 is 1.63. The van der Waals surface area contributed by atoms with Gasteiger partial charge in [-0.3, -0.25) is 14.2 Å². The Labute approximate surface area is 208 Å². The summed E-state index contributed by atoms with van der Waals surface area (Å²) in [5, 5.41) is 1.23. The van der Waals surface area contributed by atoms with E-state index < -0.39 is 6.04 Å². The van der Waals surface area contributed by atoms with Crippen LogP contribution in [0.4, 0.5) is 0 Å². The normalized spacial score (nSPS) is 12.0. The molecule has 5 nitrogen and oxygen atoms in total. The van der Waals surface area contributed by atoms with Gasteiger partial charge in [0.15, 0.2) is 0 Å². The number of carbonyl (C=O) groups excluding carboxylic acids is 1. The van der Waals surface area contributed by atoms with E-state index in [1.54, 1.807) is 33.7 Å². The summed E-state index contributed by atoms with van der Waals surface area (Å²) >= 11 is 12.2. The van der Waals surface area contributed by atoms with Crippen molar-refractivity contribution in [1.82, 2.24) is 14.5 Å². The monoisotopic (exact) mass is 493 g/mol. The molecule has 34 heavy (non-hydrogen) atoms. The summed E-state index contributed by atoms with van der Waals surface area (Å²) in [7, 11) is 0. The minimum absolute atomic E-state index is 0.166. The fraction of sp³-hybridized carbons (Fsp3) is 0.222. The molecule has 0 aliphatic rings. The van der Waals surface area contributed by atoms with E-state index in [0.29, 0.717) is 38.9 Å². The second kappa shape index (κ2) is 10.00. The SMILES string of the molecule is CCCN(C(=O)c1ccc(Cl)c(Cl)c1)C(C)c1nc2ccccc2c(=O)n1-c1ccccc1C. The summed E-state index contributed by atoms with van der Waals surface area (Å²) in [4.78, 5) is 33.9. The van der Waals surface area contributed by atoms with Crippen LogP contribution in [-0.2, 0) is 0 Å². The Morgan fingerprint density at radius 1 is 1.03 bits per heavy atom. The first kappa shape index (κ1) is 24.0. The summed E-state index contributed by atoms with van der Waals surface area (Å²) in [5.41, 5.74) is 2.54. The predicted octanol–water partition coefficient (Wildman–Crippen LogP) is 6.61. The highest BCUT2D eigenvalue weighted by atomic mass is 35.5. The predicted molar refractivity (Wildman–Crippen MR) is 138 cm³/mol. The maximum atomic E-state index is 13.7. The van der Waals surface area contributed by atoms with Gasteiger partial charge in [-0.05, 0) is 62.2 Å². The molecule has 0 bridgehead atoms. The summed E-state index contributed by atoms with van der Waals surface area (Å²) in [6.07, 6.45) is 0.736. The van der Waals surface area contributed by atoms with Crippen LogP contribution >= 0.6 is 23.2 Å². The van der Waals surface area contributed by atoms with E-state index in [1.807, 2.05) is 63.2 Å². The first-order valence-corrected chi connectivity index (χ1v) is 11.9. The Bertz CT molecular complexity index is 1430. The maximum Gasteiger partial charge on any atom is 0.266 e. The van der Waals surface area contributed by atoms with Gasteiger partial charge in [-0.25, -0.2) is 4.98 Å². The highest BCUT2D eigenvalue weighted by Gasteiger charge is 2.27. The first-order chi connectivity index (χ1) is 16.3. The van der Waals surface area contributed by atoms with Crippen LogP contribution in [0.1, 0.15) is 48.1 Å². The van der Waals surface area contributed by atoms with Gasteiger partial charge in [0.25, 0.3) is 11.5 Å². The molecule has 0 fully saturated rings. The fourth-order valence-corrected chi connectivity index (χ4v) is 4.42. The third-order valence-corrected chi connectivity index (χ3v) is 6.63. The Balaban J connectivity index is 1.92. The first-order valence-electron chi connectivity index (χ1n) is 11.2. The number of nitrogens with zero attached hydrogens (tertiary/aromatic N) is 3. The van der Waals surface area contributed by atoms with Gasteiger partial charge in [-0.2, -0.15) is 0 Å². The molecule has 1 atom stereocenters. The van der Waals surface area contributed by atoms with Crippen molar-refractivity contribution in [2.45, 2.75) is 33.2 Å². The van der Waals surface area contributed by atoms with Gasteiger partial charge < -0.3 is 4.90 Å². The zero-order valence-corrected chi connectivity index (χ0v) is 20.8. The van der Waals surface area contributed by atoms with Crippen molar-refractivity contribution < 1.29 is 4.79 Å². The standard InChI is InChI=1S/C27H25Cl2N3O2/c1-4-15-31(26(33)19-13-14-21(28)22(29)16-19)18(3)25-30-23-11-7-6-10-20(23)27(34)32(25)24-12-8-5-9-17(24)2/h5-14,16,18H,4,15H2,1-3H3. The molecule has 1 unspecified atom stereocenters. The summed E-state index contributed by atoms with van der Waals surface area (Å²) in [6, 6.07) is 19.3. The van der Waals surface area contributed by atoms with Crippen LogP contribution in [0, 0.1) is 6.92 Å². The minimum Gasteiger partial charge on any atom is -0.329 e. The molecule has 0 saturated carbocycles. The van der Waals surface area contributed by atoms with Crippen LogP contribution in [0.5, 0.6) is 0 Å². The molecule has 4 aromatic rings. The van der Waals surface area contributed by atoms with Crippen LogP contribution in [0.3, 0.4) is 0 Å². The van der Waals surface area contributed by atoms with Crippen molar-refractivity contribution in [3.8, 4) is 5.69 Å². The molecule has 1 heterocycles. The van der Waals surface area contributed by atoms with Crippen LogP contribution < -0.4 is 5.56 Å². The lowest BCUT2D eigenvalue weighted by Gasteiger charge is -2.30. The van der Waals surface area contributed by atoms with Crippen molar-refractivity contribution >= 4 is 40.0 Å². The largest absolute Gasteiger partial charge is 0.329 e. The van der Waals surface area contributed by atoms with E-state index >= 15 is 0 Å². The maximum absolute atomic E-state index is 13.7. The molecule has 1 amide bonds. The number of carbonyl (C=O) groups is 1. The molecule has 0 aliphatic carbocycles. The van der Waals surface area contributed by atoms with Gasteiger partial charge >= 0.3 is 0 Å². The molecule has 7 heteroatoms. The molecule has 1 aromatic heterocycles. The zero-order chi connectivity index (χ0) is 24.4. The van der Waals surface area contributed by atoms with Crippen molar-refractivity contribution in [3.05, 3.63) is 104 Å². The van der Waals surface area contributed by atoms with Crippen LogP contribution in [-0.4, -0.2) is 26.9 Å². The molecule has 3 aromatic carbocycles. The molecule has 0 radical (unpaired) electrons. The van der Waals surface area contributed by atoms with E-state index in [4.69, 9.17) is 28.2 Å². The molecule has 0 N–H and O–H groups in total. The van der Waals surface area contributed by atoms with Crippen LogP contribution in [0.2, 0.25) is 10.0 Å². The molecular formula is C27H25Cl2N3O2. The Kier molecular flexibility index (Phi) is 7.05. The van der Waals surface area contributed by atoms with E-state index in [1.165, 1.54) is 0 Å². The molecular weight excluding hydrogens is 469 g/mol. The van der Waals surface area contributed by atoms with Crippen molar-refractivity contribution in [3.63, 3.8) is 0 Å². The molecule has 0 saturated heterocycles. The van der Waals surface area contributed by atoms with Gasteiger partial charge in [0.05, 0.1) is 32.7 Å². The number of hydrogen-bond donors (Lipinski definition) is 0. The highest BCUT2D eigenvalue weighted by molar-refractivity contribution is 6.42. The van der Waals surface area contributed by atoms with Crippen LogP contribution in [0.25, 0.3) is 16.6 Å². The molecule has 0 aliphatic heterocycles. The van der Waals surface area contributed by atoms with E-state index in [0.717, 1.165) is 17.7 Å². The van der Waals surface area contributed by atoms with E-state index in [-0.39, 0.29) is 11.5 Å². The Morgan fingerprint density at radius 3 is 2.44 bits per heavy atom. The number of aromatic nitrogens is 2. The lowest BCUT2D eigenvalue weighted by atomic mass is 10.1. The van der Waals surface area contributed by atoms with Gasteiger partial charge in [0.1, 0.15) is 5.82 Å². The average Bonchev–Trinajstić information content (AvgIpc) is 2.84. The van der Waals surface area contributed by atoms with Crippen molar-refractivity contribution in [1.29, 1.82) is 0 Å². The number of halogens is 2. The molecule has 4 rings (SSSR count). The number of amides is 1. The van der Waals surface area contributed by atoms with E-state index in [2.05, 4.69) is 0 Å². The van der Waals surface area contributed by atoms with E-state index in [9.17, 15) is 9.59 Å². The van der Waals surface area contributed by atoms with Gasteiger partial charge in [0.2, 0.25) is 0 Å². The third-order valence-electron chi connectivity index (χ3n) is 5.89. The molecule has 174 valence electrons. The quantitative estimate of drug-likeness (QED) is 0.303. The second-order valence-electron chi connectivity index (χ2n) is 8.22. The summed E-state index contributed by atoms with van der Waals surface area (Å²) in [5.74, 6) is 0.298. The number of fused-ring (bicyclic) bond motifs is 1. The number of benzene rings is 3. The Hall–Kier alpha value is -3.15.